The number of para-hydroxylation sites is 1. The van der Waals surface area contributed by atoms with Crippen LogP contribution in [0.25, 0.3) is 10.9 Å². The van der Waals surface area contributed by atoms with Gasteiger partial charge in [0.1, 0.15) is 17.1 Å². The molecule has 0 aliphatic carbocycles. The molecule has 1 atom stereocenters. The highest BCUT2D eigenvalue weighted by atomic mass is 16.5. The van der Waals surface area contributed by atoms with E-state index >= 15 is 0 Å². The van der Waals surface area contributed by atoms with Gasteiger partial charge in [-0.25, -0.2) is 4.79 Å². The molecule has 0 fully saturated rings. The maximum absolute atomic E-state index is 12.8. The molecule has 3 heterocycles. The SMILES string of the molecule is CCOC(=O)C1=C(N)Oc2c(c(=O)[nH]c3ccccc23)[C@H]1c1ccco1. The molecule has 132 valence electrons. The van der Waals surface area contributed by atoms with E-state index in [9.17, 15) is 9.59 Å². The van der Waals surface area contributed by atoms with Crippen molar-refractivity contribution < 1.29 is 18.7 Å². The molecule has 7 heteroatoms. The molecule has 2 aromatic heterocycles. The fourth-order valence-corrected chi connectivity index (χ4v) is 3.22. The number of carbonyl (C=O) groups is 1. The highest BCUT2D eigenvalue weighted by Crippen LogP contribution is 2.43. The second kappa shape index (κ2) is 6.11. The number of aromatic amines is 1. The zero-order chi connectivity index (χ0) is 18.3. The van der Waals surface area contributed by atoms with Crippen LogP contribution >= 0.6 is 0 Å². The smallest absolute Gasteiger partial charge is 0.340 e. The predicted molar refractivity (Wildman–Crippen MR) is 93.6 cm³/mol. The maximum Gasteiger partial charge on any atom is 0.340 e. The first-order valence-corrected chi connectivity index (χ1v) is 8.14. The molecule has 3 N–H and O–H groups in total. The van der Waals surface area contributed by atoms with Gasteiger partial charge in [-0.3, -0.25) is 4.79 Å². The molecule has 0 saturated carbocycles. The van der Waals surface area contributed by atoms with Crippen LogP contribution in [0.15, 0.2) is 63.3 Å². The molecule has 0 amide bonds. The molecule has 7 nitrogen and oxygen atoms in total. The number of rotatable bonds is 3. The fraction of sp³-hybridized carbons (Fsp3) is 0.158. The predicted octanol–water partition coefficient (Wildman–Crippen LogP) is 2.38. The van der Waals surface area contributed by atoms with Crippen LogP contribution in [0.5, 0.6) is 5.75 Å². The van der Waals surface area contributed by atoms with Gasteiger partial charge in [-0.05, 0) is 31.2 Å². The van der Waals surface area contributed by atoms with Crippen LogP contribution in [-0.4, -0.2) is 17.6 Å². The molecule has 4 rings (SSSR count). The number of benzene rings is 1. The molecule has 3 aromatic rings. The van der Waals surface area contributed by atoms with Crippen LogP contribution in [0.2, 0.25) is 0 Å². The van der Waals surface area contributed by atoms with Crippen molar-refractivity contribution in [2.45, 2.75) is 12.8 Å². The minimum absolute atomic E-state index is 0.0510. The third-order valence-corrected chi connectivity index (χ3v) is 4.29. The van der Waals surface area contributed by atoms with Gasteiger partial charge < -0.3 is 24.6 Å². The Hall–Kier alpha value is -3.48. The Kier molecular flexibility index (Phi) is 3.76. The summed E-state index contributed by atoms with van der Waals surface area (Å²) in [6.45, 7) is 1.86. The van der Waals surface area contributed by atoms with Crippen molar-refractivity contribution in [3.8, 4) is 5.75 Å². The number of furan rings is 1. The molecule has 0 radical (unpaired) electrons. The third kappa shape index (κ3) is 2.36. The van der Waals surface area contributed by atoms with Crippen molar-refractivity contribution in [2.75, 3.05) is 6.61 Å². The number of nitrogens with one attached hydrogen (secondary N) is 1. The molecule has 26 heavy (non-hydrogen) atoms. The number of esters is 1. The van der Waals surface area contributed by atoms with Crippen molar-refractivity contribution >= 4 is 16.9 Å². The standard InChI is InChI=1S/C19H16N2O5/c1-2-24-19(23)15-13(12-8-5-9-25-12)14-16(26-17(15)20)10-6-3-4-7-11(10)21-18(14)22/h3-9,13H,2,20H2,1H3,(H,21,22)/t13-/m1/s1. The Morgan fingerprint density at radius 3 is 2.81 bits per heavy atom. The lowest BCUT2D eigenvalue weighted by Gasteiger charge is -2.27. The van der Waals surface area contributed by atoms with Gasteiger partial charge >= 0.3 is 5.97 Å². The van der Waals surface area contributed by atoms with Crippen LogP contribution in [0.1, 0.15) is 24.2 Å². The number of nitrogens with two attached hydrogens (primary N) is 1. The summed E-state index contributed by atoms with van der Waals surface area (Å²) >= 11 is 0. The van der Waals surface area contributed by atoms with Crippen molar-refractivity contribution in [1.29, 1.82) is 0 Å². The van der Waals surface area contributed by atoms with Crippen LogP contribution < -0.4 is 16.0 Å². The van der Waals surface area contributed by atoms with Gasteiger partial charge in [0.25, 0.3) is 5.56 Å². The maximum atomic E-state index is 12.8. The molecular formula is C19H16N2O5. The molecule has 1 aromatic carbocycles. The van der Waals surface area contributed by atoms with Crippen LogP contribution in [-0.2, 0) is 9.53 Å². The van der Waals surface area contributed by atoms with Gasteiger partial charge in [0.2, 0.25) is 5.88 Å². The van der Waals surface area contributed by atoms with Crippen LogP contribution in [0.3, 0.4) is 0 Å². The van der Waals surface area contributed by atoms with E-state index in [1.165, 1.54) is 6.26 Å². The summed E-state index contributed by atoms with van der Waals surface area (Å²) in [7, 11) is 0. The van der Waals surface area contributed by atoms with E-state index in [1.807, 2.05) is 12.1 Å². The number of aromatic nitrogens is 1. The monoisotopic (exact) mass is 352 g/mol. The van der Waals surface area contributed by atoms with Crippen molar-refractivity contribution in [3.63, 3.8) is 0 Å². The molecule has 0 spiro atoms. The Morgan fingerprint density at radius 2 is 2.08 bits per heavy atom. The first kappa shape index (κ1) is 16.0. The van der Waals surface area contributed by atoms with E-state index in [4.69, 9.17) is 19.6 Å². The van der Waals surface area contributed by atoms with Gasteiger partial charge in [0.05, 0.1) is 29.9 Å². The van der Waals surface area contributed by atoms with Gasteiger partial charge in [-0.1, -0.05) is 12.1 Å². The van der Waals surface area contributed by atoms with E-state index < -0.39 is 11.9 Å². The Balaban J connectivity index is 2.03. The van der Waals surface area contributed by atoms with E-state index in [2.05, 4.69) is 4.98 Å². The molecule has 0 unspecified atom stereocenters. The Labute approximate surface area is 148 Å². The number of hydrogen-bond acceptors (Lipinski definition) is 6. The van der Waals surface area contributed by atoms with Crippen molar-refractivity contribution in [3.05, 3.63) is 75.8 Å². The van der Waals surface area contributed by atoms with E-state index in [1.54, 1.807) is 31.2 Å². The lowest BCUT2D eigenvalue weighted by atomic mass is 9.86. The third-order valence-electron chi connectivity index (χ3n) is 4.29. The minimum Gasteiger partial charge on any atom is -0.468 e. The quantitative estimate of drug-likeness (QED) is 0.701. The summed E-state index contributed by atoms with van der Waals surface area (Å²) in [5.41, 5.74) is 6.61. The van der Waals surface area contributed by atoms with Gasteiger partial charge in [-0.2, -0.15) is 0 Å². The molecular weight excluding hydrogens is 336 g/mol. The number of ether oxygens (including phenoxy) is 2. The summed E-state index contributed by atoms with van der Waals surface area (Å²) in [5, 5.41) is 0.685. The van der Waals surface area contributed by atoms with E-state index in [-0.39, 0.29) is 29.2 Å². The highest BCUT2D eigenvalue weighted by Gasteiger charge is 2.39. The molecule has 0 saturated heterocycles. The molecule has 1 aliphatic heterocycles. The van der Waals surface area contributed by atoms with Crippen molar-refractivity contribution in [1.82, 2.24) is 4.98 Å². The second-order valence-electron chi connectivity index (χ2n) is 5.79. The van der Waals surface area contributed by atoms with Gasteiger partial charge in [0.15, 0.2) is 0 Å². The van der Waals surface area contributed by atoms with E-state index in [0.717, 1.165) is 0 Å². The lowest BCUT2D eigenvalue weighted by Crippen LogP contribution is -2.31. The zero-order valence-corrected chi connectivity index (χ0v) is 13.9. The van der Waals surface area contributed by atoms with Gasteiger partial charge in [0, 0.05) is 5.39 Å². The highest BCUT2D eigenvalue weighted by molar-refractivity contribution is 5.94. The summed E-state index contributed by atoms with van der Waals surface area (Å²) < 4.78 is 16.3. The summed E-state index contributed by atoms with van der Waals surface area (Å²) in [6, 6.07) is 10.6. The number of hydrogen-bond donors (Lipinski definition) is 2. The first-order chi connectivity index (χ1) is 12.6. The normalized spacial score (nSPS) is 16.3. The first-order valence-electron chi connectivity index (χ1n) is 8.14. The van der Waals surface area contributed by atoms with Crippen molar-refractivity contribution in [2.24, 2.45) is 5.73 Å². The number of carbonyl (C=O) groups excluding carboxylic acids is 1. The summed E-state index contributed by atoms with van der Waals surface area (Å²) in [4.78, 5) is 28.2. The average Bonchev–Trinajstić information content (AvgIpc) is 3.15. The number of H-pyrrole nitrogens is 1. The lowest BCUT2D eigenvalue weighted by molar-refractivity contribution is -0.139. The zero-order valence-electron chi connectivity index (χ0n) is 13.9. The van der Waals surface area contributed by atoms with Crippen LogP contribution in [0, 0.1) is 0 Å². The van der Waals surface area contributed by atoms with Crippen LogP contribution in [0.4, 0.5) is 0 Å². The molecule has 0 bridgehead atoms. The largest absolute Gasteiger partial charge is 0.468 e. The van der Waals surface area contributed by atoms with Gasteiger partial charge in [-0.15, -0.1) is 0 Å². The Bertz CT molecular complexity index is 1080. The average molecular weight is 352 g/mol. The molecule has 1 aliphatic rings. The summed E-state index contributed by atoms with van der Waals surface area (Å²) in [6.07, 6.45) is 1.47. The van der Waals surface area contributed by atoms with E-state index in [0.29, 0.717) is 22.4 Å². The number of pyridine rings is 1. The second-order valence-corrected chi connectivity index (χ2v) is 5.79. The summed E-state index contributed by atoms with van der Waals surface area (Å²) in [5.74, 6) is -0.850. The topological polar surface area (TPSA) is 108 Å². The number of fused-ring (bicyclic) bond motifs is 3. The Morgan fingerprint density at radius 1 is 1.27 bits per heavy atom. The minimum atomic E-state index is -0.818. The fourth-order valence-electron chi connectivity index (χ4n) is 3.22.